The average Bonchev–Trinajstić information content (AvgIpc) is 3.12. The van der Waals surface area contributed by atoms with Crippen molar-refractivity contribution in [2.45, 2.75) is 26.2 Å². The molecule has 1 aromatic carbocycles. The molecule has 3 rings (SSSR count). The zero-order valence-electron chi connectivity index (χ0n) is 16.7. The Bertz CT molecular complexity index is 738. The first-order valence-electron chi connectivity index (χ1n) is 9.81. The van der Waals surface area contributed by atoms with Crippen LogP contribution in [0.1, 0.15) is 34.5 Å². The van der Waals surface area contributed by atoms with Gasteiger partial charge in [-0.1, -0.05) is 12.1 Å². The maximum Gasteiger partial charge on any atom is 0.255 e. The highest BCUT2D eigenvalue weighted by molar-refractivity contribution is 5.95. The minimum atomic E-state index is 0.115. The third-order valence-electron chi connectivity index (χ3n) is 5.54. The van der Waals surface area contributed by atoms with E-state index in [2.05, 4.69) is 22.0 Å². The molecular weight excluding hydrogens is 338 g/mol. The molecule has 1 saturated heterocycles. The maximum atomic E-state index is 12.6. The molecule has 5 heteroatoms. The van der Waals surface area contributed by atoms with Crippen LogP contribution in [0.5, 0.6) is 5.75 Å². The lowest BCUT2D eigenvalue weighted by Crippen LogP contribution is -2.42. The largest absolute Gasteiger partial charge is 0.497 e. The van der Waals surface area contributed by atoms with E-state index in [1.54, 1.807) is 7.11 Å². The number of hydrogen-bond acceptors (Lipinski definition) is 3. The van der Waals surface area contributed by atoms with Crippen molar-refractivity contribution >= 4 is 5.91 Å². The number of amides is 1. The molecule has 0 saturated carbocycles. The Morgan fingerprint density at radius 1 is 1.30 bits per heavy atom. The number of aromatic nitrogens is 1. The van der Waals surface area contributed by atoms with Gasteiger partial charge < -0.3 is 19.5 Å². The van der Waals surface area contributed by atoms with Crippen LogP contribution in [-0.2, 0) is 6.42 Å². The van der Waals surface area contributed by atoms with E-state index in [1.807, 2.05) is 43.3 Å². The van der Waals surface area contributed by atoms with E-state index >= 15 is 0 Å². The van der Waals surface area contributed by atoms with E-state index in [0.29, 0.717) is 5.92 Å². The molecule has 0 spiro atoms. The highest BCUT2D eigenvalue weighted by atomic mass is 16.5. The second-order valence-electron chi connectivity index (χ2n) is 7.61. The summed E-state index contributed by atoms with van der Waals surface area (Å²) >= 11 is 0. The van der Waals surface area contributed by atoms with Crippen LogP contribution in [-0.4, -0.2) is 61.0 Å². The standard InChI is InChI=1S/C22H31N3O2/c1-17-21(10-12-23-17)22(26)24(2)15-19-5-4-13-25(16-19)14-11-18-6-8-20(27-3)9-7-18/h6-10,12,19,23H,4-5,11,13-16H2,1-3H3/t19-/m1/s1. The Balaban J connectivity index is 1.48. The van der Waals surface area contributed by atoms with E-state index in [0.717, 1.165) is 49.6 Å². The molecule has 1 N–H and O–H groups in total. The number of aromatic amines is 1. The summed E-state index contributed by atoms with van der Waals surface area (Å²) in [5, 5.41) is 0. The average molecular weight is 370 g/mol. The summed E-state index contributed by atoms with van der Waals surface area (Å²) in [7, 11) is 3.62. The number of hydrogen-bond donors (Lipinski definition) is 1. The summed E-state index contributed by atoms with van der Waals surface area (Å²) in [6.07, 6.45) is 5.28. The van der Waals surface area contributed by atoms with Crippen molar-refractivity contribution in [1.29, 1.82) is 0 Å². The first kappa shape index (κ1) is 19.5. The Morgan fingerprint density at radius 3 is 2.74 bits per heavy atom. The van der Waals surface area contributed by atoms with Gasteiger partial charge in [-0.25, -0.2) is 0 Å². The van der Waals surface area contributed by atoms with E-state index in [4.69, 9.17) is 4.74 Å². The summed E-state index contributed by atoms with van der Waals surface area (Å²) in [6, 6.07) is 10.2. The number of likely N-dealkylation sites (tertiary alicyclic amines) is 1. The number of nitrogens with one attached hydrogen (secondary N) is 1. The van der Waals surface area contributed by atoms with Gasteiger partial charge in [0.15, 0.2) is 0 Å². The molecule has 5 nitrogen and oxygen atoms in total. The lowest BCUT2D eigenvalue weighted by atomic mass is 9.96. The first-order valence-corrected chi connectivity index (χ1v) is 9.81. The molecule has 1 amide bonds. The number of methoxy groups -OCH3 is 1. The fourth-order valence-corrected chi connectivity index (χ4v) is 3.94. The van der Waals surface area contributed by atoms with Gasteiger partial charge in [-0.05, 0) is 62.4 Å². The van der Waals surface area contributed by atoms with Crippen LogP contribution < -0.4 is 4.74 Å². The van der Waals surface area contributed by atoms with Crippen molar-refractivity contribution in [3.8, 4) is 5.75 Å². The fourth-order valence-electron chi connectivity index (χ4n) is 3.94. The highest BCUT2D eigenvalue weighted by Crippen LogP contribution is 2.20. The highest BCUT2D eigenvalue weighted by Gasteiger charge is 2.23. The number of benzene rings is 1. The molecule has 2 heterocycles. The zero-order chi connectivity index (χ0) is 19.2. The van der Waals surface area contributed by atoms with Gasteiger partial charge in [-0.2, -0.15) is 0 Å². The second kappa shape index (κ2) is 9.09. The Labute approximate surface area is 162 Å². The van der Waals surface area contributed by atoms with Gasteiger partial charge >= 0.3 is 0 Å². The predicted molar refractivity (Wildman–Crippen MR) is 108 cm³/mol. The Hall–Kier alpha value is -2.27. The Morgan fingerprint density at radius 2 is 2.07 bits per heavy atom. The van der Waals surface area contributed by atoms with Crippen molar-refractivity contribution < 1.29 is 9.53 Å². The van der Waals surface area contributed by atoms with Gasteiger partial charge in [0.1, 0.15) is 5.75 Å². The summed E-state index contributed by atoms with van der Waals surface area (Å²) in [5.74, 6) is 1.56. The third-order valence-corrected chi connectivity index (χ3v) is 5.54. The number of piperidine rings is 1. The van der Waals surface area contributed by atoms with Gasteiger partial charge in [0.25, 0.3) is 5.91 Å². The molecule has 1 atom stereocenters. The topological polar surface area (TPSA) is 48.6 Å². The molecule has 1 fully saturated rings. The molecule has 146 valence electrons. The fraction of sp³-hybridized carbons (Fsp3) is 0.500. The molecule has 0 unspecified atom stereocenters. The van der Waals surface area contributed by atoms with Gasteiger partial charge in [0, 0.05) is 38.6 Å². The molecule has 0 radical (unpaired) electrons. The summed E-state index contributed by atoms with van der Waals surface area (Å²) in [4.78, 5) is 20.1. The molecule has 27 heavy (non-hydrogen) atoms. The summed E-state index contributed by atoms with van der Waals surface area (Å²) in [5.41, 5.74) is 3.06. The first-order chi connectivity index (χ1) is 13.1. The number of carbonyl (C=O) groups excluding carboxylic acids is 1. The predicted octanol–water partition coefficient (Wildman–Crippen LogP) is 3.36. The van der Waals surface area contributed by atoms with E-state index in [-0.39, 0.29) is 5.91 Å². The maximum absolute atomic E-state index is 12.6. The van der Waals surface area contributed by atoms with E-state index in [9.17, 15) is 4.79 Å². The SMILES string of the molecule is COc1ccc(CCN2CCC[C@H](CN(C)C(=O)c3cc[nH]c3C)C2)cc1. The lowest BCUT2D eigenvalue weighted by Gasteiger charge is -2.34. The molecule has 1 aliphatic rings. The minimum Gasteiger partial charge on any atom is -0.497 e. The smallest absolute Gasteiger partial charge is 0.255 e. The number of nitrogens with zero attached hydrogens (tertiary/aromatic N) is 2. The van der Waals surface area contributed by atoms with Crippen molar-refractivity contribution in [3.63, 3.8) is 0 Å². The molecular formula is C22H31N3O2. The number of ether oxygens (including phenoxy) is 1. The van der Waals surface area contributed by atoms with Crippen molar-refractivity contribution in [1.82, 2.24) is 14.8 Å². The van der Waals surface area contributed by atoms with Gasteiger partial charge in [0.2, 0.25) is 0 Å². The van der Waals surface area contributed by atoms with Gasteiger partial charge in [-0.3, -0.25) is 4.79 Å². The number of aryl methyl sites for hydroxylation is 1. The van der Waals surface area contributed by atoms with Crippen LogP contribution in [0, 0.1) is 12.8 Å². The molecule has 0 bridgehead atoms. The minimum absolute atomic E-state index is 0.115. The Kier molecular flexibility index (Phi) is 6.56. The van der Waals surface area contributed by atoms with Gasteiger partial charge in [0.05, 0.1) is 12.7 Å². The molecule has 1 aliphatic heterocycles. The molecule has 0 aliphatic carbocycles. The number of rotatable bonds is 7. The monoisotopic (exact) mass is 369 g/mol. The number of H-pyrrole nitrogens is 1. The van der Waals surface area contributed by atoms with Gasteiger partial charge in [-0.15, -0.1) is 0 Å². The van der Waals surface area contributed by atoms with Crippen LogP contribution >= 0.6 is 0 Å². The van der Waals surface area contributed by atoms with Crippen LogP contribution in [0.3, 0.4) is 0 Å². The summed E-state index contributed by atoms with van der Waals surface area (Å²) < 4.78 is 5.22. The molecule has 2 aromatic rings. The van der Waals surface area contributed by atoms with Crippen LogP contribution in [0.25, 0.3) is 0 Å². The van der Waals surface area contributed by atoms with Crippen LogP contribution in [0.2, 0.25) is 0 Å². The van der Waals surface area contributed by atoms with Crippen LogP contribution in [0.4, 0.5) is 0 Å². The third kappa shape index (κ3) is 5.13. The number of carbonyl (C=O) groups is 1. The summed E-state index contributed by atoms with van der Waals surface area (Å²) in [6.45, 7) is 6.06. The lowest BCUT2D eigenvalue weighted by molar-refractivity contribution is 0.0730. The quantitative estimate of drug-likeness (QED) is 0.814. The van der Waals surface area contributed by atoms with E-state index < -0.39 is 0 Å². The normalized spacial score (nSPS) is 17.7. The molecule has 1 aromatic heterocycles. The van der Waals surface area contributed by atoms with Crippen molar-refractivity contribution in [2.75, 3.05) is 40.3 Å². The second-order valence-corrected chi connectivity index (χ2v) is 7.61. The van der Waals surface area contributed by atoms with Crippen molar-refractivity contribution in [3.05, 3.63) is 53.3 Å². The van der Waals surface area contributed by atoms with E-state index in [1.165, 1.54) is 18.4 Å². The van der Waals surface area contributed by atoms with Crippen LogP contribution in [0.15, 0.2) is 36.5 Å². The van der Waals surface area contributed by atoms with Crippen molar-refractivity contribution in [2.24, 2.45) is 5.92 Å². The zero-order valence-corrected chi connectivity index (χ0v) is 16.7.